The lowest BCUT2D eigenvalue weighted by Crippen LogP contribution is -2.46. The van der Waals surface area contributed by atoms with E-state index in [1.807, 2.05) is 0 Å². The fraction of sp³-hybridized carbons (Fsp3) is 0.889. The predicted molar refractivity (Wildman–Crippen MR) is 63.8 cm³/mol. The van der Waals surface area contributed by atoms with E-state index in [-0.39, 0.29) is 30.3 Å². The van der Waals surface area contributed by atoms with Gasteiger partial charge in [0.25, 0.3) is 0 Å². The molecule has 2 rings (SSSR count). The highest BCUT2D eigenvalue weighted by Crippen LogP contribution is 2.53. The van der Waals surface area contributed by atoms with Gasteiger partial charge in [0.05, 0.1) is 5.92 Å². The molecular weight excluding hydrogens is 258 g/mol. The Morgan fingerprint density at radius 2 is 2.13 bits per heavy atom. The van der Waals surface area contributed by atoms with E-state index in [2.05, 4.69) is 10.6 Å². The number of carbonyl (C=O) groups excluding carboxylic acids is 1. The molecule has 2 unspecified atom stereocenters. The quantitative estimate of drug-likeness (QED) is 0.748. The van der Waals surface area contributed by atoms with Crippen LogP contribution in [0.2, 0.25) is 0 Å². The molecule has 0 aromatic heterocycles. The zero-order chi connectivity index (χ0) is 10.2. The van der Waals surface area contributed by atoms with Gasteiger partial charge in [-0.1, -0.05) is 0 Å². The third kappa shape index (κ3) is 3.38. The fourth-order valence-electron chi connectivity index (χ4n) is 1.77. The zero-order valence-corrected chi connectivity index (χ0v) is 10.6. The Kier molecular flexibility index (Phi) is 4.53. The molecule has 1 aliphatic carbocycles. The average molecular weight is 274 g/mol. The zero-order valence-electron chi connectivity index (χ0n) is 8.26. The van der Waals surface area contributed by atoms with Gasteiger partial charge in [-0.15, -0.1) is 35.6 Å². The highest BCUT2D eigenvalue weighted by atomic mass is 35.5. The Morgan fingerprint density at radius 1 is 1.47 bits per heavy atom. The van der Waals surface area contributed by atoms with Crippen LogP contribution in [0.1, 0.15) is 19.3 Å². The molecule has 6 heteroatoms. The second-order valence-electron chi connectivity index (χ2n) is 4.07. The molecule has 15 heavy (non-hydrogen) atoms. The minimum absolute atomic E-state index is 0. The number of amides is 1. The molecule has 0 aromatic rings. The summed E-state index contributed by atoms with van der Waals surface area (Å²) in [6.07, 6.45) is 2.74. The maximum Gasteiger partial charge on any atom is 0.226 e. The van der Waals surface area contributed by atoms with Crippen molar-refractivity contribution in [1.29, 1.82) is 0 Å². The van der Waals surface area contributed by atoms with E-state index in [0.717, 1.165) is 25.9 Å². The van der Waals surface area contributed by atoms with Crippen LogP contribution in [-0.2, 0) is 4.79 Å². The molecule has 1 saturated heterocycles. The minimum Gasteiger partial charge on any atom is -0.352 e. The third-order valence-corrected chi connectivity index (χ3v) is 3.62. The van der Waals surface area contributed by atoms with Crippen LogP contribution >= 0.6 is 35.6 Å². The molecule has 2 aliphatic rings. The van der Waals surface area contributed by atoms with Crippen LogP contribution in [0, 0.1) is 5.92 Å². The van der Waals surface area contributed by atoms with Crippen molar-refractivity contribution >= 4 is 41.5 Å². The Morgan fingerprint density at radius 3 is 2.60 bits per heavy atom. The first-order valence-electron chi connectivity index (χ1n) is 4.98. The van der Waals surface area contributed by atoms with Crippen LogP contribution < -0.4 is 10.6 Å². The number of hydrogen-bond donors (Lipinski definition) is 2. The van der Waals surface area contributed by atoms with Gasteiger partial charge in [-0.2, -0.15) is 0 Å². The summed E-state index contributed by atoms with van der Waals surface area (Å²) < 4.78 is -0.799. The number of piperidine rings is 1. The molecule has 0 radical (unpaired) electrons. The van der Waals surface area contributed by atoms with Crippen LogP contribution in [0.15, 0.2) is 0 Å². The molecule has 0 bridgehead atoms. The van der Waals surface area contributed by atoms with Gasteiger partial charge < -0.3 is 10.6 Å². The van der Waals surface area contributed by atoms with Crippen LogP contribution in [0.5, 0.6) is 0 Å². The van der Waals surface area contributed by atoms with Crippen molar-refractivity contribution in [3.8, 4) is 0 Å². The Hall–Kier alpha value is 0.300. The van der Waals surface area contributed by atoms with Crippen LogP contribution in [0.3, 0.4) is 0 Å². The van der Waals surface area contributed by atoms with Gasteiger partial charge in [-0.3, -0.25) is 4.79 Å². The predicted octanol–water partition coefficient (Wildman–Crippen LogP) is 1.47. The number of halogens is 3. The monoisotopic (exact) mass is 272 g/mol. The Balaban J connectivity index is 0.00000112. The van der Waals surface area contributed by atoms with Gasteiger partial charge in [0.1, 0.15) is 4.33 Å². The van der Waals surface area contributed by atoms with E-state index >= 15 is 0 Å². The van der Waals surface area contributed by atoms with Crippen molar-refractivity contribution in [1.82, 2.24) is 10.6 Å². The maximum atomic E-state index is 11.6. The molecule has 3 nitrogen and oxygen atoms in total. The van der Waals surface area contributed by atoms with Crippen molar-refractivity contribution < 1.29 is 4.79 Å². The van der Waals surface area contributed by atoms with Gasteiger partial charge in [0.15, 0.2) is 0 Å². The van der Waals surface area contributed by atoms with E-state index in [1.54, 1.807) is 0 Å². The van der Waals surface area contributed by atoms with E-state index in [0.29, 0.717) is 6.42 Å². The second kappa shape index (κ2) is 5.09. The number of nitrogens with one attached hydrogen (secondary N) is 2. The van der Waals surface area contributed by atoms with Crippen molar-refractivity contribution in [3.05, 3.63) is 0 Å². The molecule has 2 atom stereocenters. The van der Waals surface area contributed by atoms with Gasteiger partial charge in [0, 0.05) is 12.6 Å². The summed E-state index contributed by atoms with van der Waals surface area (Å²) in [4.78, 5) is 11.6. The molecule has 1 saturated carbocycles. The van der Waals surface area contributed by atoms with E-state index in [9.17, 15) is 4.79 Å². The number of hydrogen-bond acceptors (Lipinski definition) is 2. The molecule has 88 valence electrons. The normalized spacial score (nSPS) is 32.7. The van der Waals surface area contributed by atoms with Crippen LogP contribution in [0.4, 0.5) is 0 Å². The molecule has 0 spiro atoms. The molecule has 2 fully saturated rings. The van der Waals surface area contributed by atoms with Crippen molar-refractivity contribution in [3.63, 3.8) is 0 Å². The summed E-state index contributed by atoms with van der Waals surface area (Å²) in [6, 6.07) is 0.251. The molecule has 1 amide bonds. The first-order chi connectivity index (χ1) is 6.59. The second-order valence-corrected chi connectivity index (χ2v) is 5.61. The maximum absolute atomic E-state index is 11.6. The van der Waals surface area contributed by atoms with Gasteiger partial charge >= 0.3 is 0 Å². The van der Waals surface area contributed by atoms with E-state index < -0.39 is 4.33 Å². The van der Waals surface area contributed by atoms with Crippen LogP contribution in [0.25, 0.3) is 0 Å². The lowest BCUT2D eigenvalue weighted by Gasteiger charge is -2.23. The number of carbonyl (C=O) groups is 1. The van der Waals surface area contributed by atoms with Gasteiger partial charge in [-0.25, -0.2) is 0 Å². The molecule has 2 N–H and O–H groups in total. The van der Waals surface area contributed by atoms with E-state index in [1.165, 1.54) is 0 Å². The summed E-state index contributed by atoms with van der Waals surface area (Å²) in [5, 5.41) is 6.21. The summed E-state index contributed by atoms with van der Waals surface area (Å²) in [7, 11) is 0. The first-order valence-corrected chi connectivity index (χ1v) is 5.74. The average Bonchev–Trinajstić information content (AvgIpc) is 2.77. The summed E-state index contributed by atoms with van der Waals surface area (Å²) in [6.45, 7) is 1.90. The SMILES string of the molecule is Cl.O=C(NC1CCCNC1)C1CC1(Cl)Cl. The lowest BCUT2D eigenvalue weighted by molar-refractivity contribution is -0.123. The highest BCUT2D eigenvalue weighted by Gasteiger charge is 2.56. The summed E-state index contributed by atoms with van der Waals surface area (Å²) in [5.74, 6) is -0.198. The van der Waals surface area contributed by atoms with Crippen molar-refractivity contribution in [2.45, 2.75) is 29.6 Å². The van der Waals surface area contributed by atoms with Crippen molar-refractivity contribution in [2.75, 3.05) is 13.1 Å². The summed E-state index contributed by atoms with van der Waals surface area (Å²) in [5.41, 5.74) is 0. The fourth-order valence-corrected chi connectivity index (χ4v) is 2.28. The largest absolute Gasteiger partial charge is 0.352 e. The Bertz CT molecular complexity index is 242. The molecule has 0 aromatic carbocycles. The molecular formula is C9H15Cl3N2O. The summed E-state index contributed by atoms with van der Waals surface area (Å²) >= 11 is 11.6. The number of rotatable bonds is 2. The first kappa shape index (κ1) is 13.4. The van der Waals surface area contributed by atoms with Crippen molar-refractivity contribution in [2.24, 2.45) is 5.92 Å². The number of alkyl halides is 2. The van der Waals surface area contributed by atoms with E-state index in [4.69, 9.17) is 23.2 Å². The van der Waals surface area contributed by atoms with Crippen LogP contribution in [-0.4, -0.2) is 29.4 Å². The highest BCUT2D eigenvalue weighted by molar-refractivity contribution is 6.52. The van der Waals surface area contributed by atoms with Gasteiger partial charge in [0.2, 0.25) is 5.91 Å². The minimum atomic E-state index is -0.799. The third-order valence-electron chi connectivity index (χ3n) is 2.79. The lowest BCUT2D eigenvalue weighted by atomic mass is 10.1. The molecule has 1 heterocycles. The smallest absolute Gasteiger partial charge is 0.226 e. The van der Waals surface area contributed by atoms with Gasteiger partial charge in [-0.05, 0) is 25.8 Å². The standard InChI is InChI=1S/C9H14Cl2N2O.ClH/c10-9(11)4-7(9)8(14)13-6-2-1-3-12-5-6;/h6-7,12H,1-5H2,(H,13,14);1H. The topological polar surface area (TPSA) is 41.1 Å². The molecule has 1 aliphatic heterocycles. The Labute approximate surface area is 106 Å².